The van der Waals surface area contributed by atoms with Crippen LogP contribution in [0.25, 0.3) is 0 Å². The number of nitrogens with zero attached hydrogens (tertiary/aromatic N) is 3. The highest BCUT2D eigenvalue weighted by Crippen LogP contribution is 2.31. The van der Waals surface area contributed by atoms with Crippen LogP contribution < -0.4 is 10.2 Å². The van der Waals surface area contributed by atoms with E-state index in [4.69, 9.17) is 0 Å². The number of aromatic nitrogens is 2. The summed E-state index contributed by atoms with van der Waals surface area (Å²) in [7, 11) is 1.91. The fraction of sp³-hybridized carbons (Fsp3) is 0.714. The van der Waals surface area contributed by atoms with Crippen molar-refractivity contribution < 1.29 is 0 Å². The van der Waals surface area contributed by atoms with Crippen LogP contribution in [0.5, 0.6) is 0 Å². The van der Waals surface area contributed by atoms with Crippen molar-refractivity contribution in [3.05, 3.63) is 11.9 Å². The molecule has 1 rings (SSSR count). The van der Waals surface area contributed by atoms with Crippen molar-refractivity contribution in [3.8, 4) is 0 Å². The number of hydrogen-bond acceptors (Lipinski definition) is 4. The highest BCUT2D eigenvalue weighted by molar-refractivity contribution is 5.60. The largest absolute Gasteiger partial charge is 0.373 e. The van der Waals surface area contributed by atoms with Gasteiger partial charge in [0.2, 0.25) is 0 Å². The van der Waals surface area contributed by atoms with Gasteiger partial charge < -0.3 is 10.2 Å². The SMILES string of the molecule is CCC(C)N(CC)c1ncnc(NC)c1C(C)C. The second kappa shape index (κ2) is 6.57. The van der Waals surface area contributed by atoms with Crippen molar-refractivity contribution in [1.29, 1.82) is 0 Å². The molecule has 0 aromatic carbocycles. The van der Waals surface area contributed by atoms with Crippen LogP contribution in [0.3, 0.4) is 0 Å². The van der Waals surface area contributed by atoms with Gasteiger partial charge in [0.05, 0.1) is 0 Å². The molecule has 0 saturated heterocycles. The van der Waals surface area contributed by atoms with E-state index < -0.39 is 0 Å². The summed E-state index contributed by atoms with van der Waals surface area (Å²) in [5, 5.41) is 3.18. The van der Waals surface area contributed by atoms with Crippen LogP contribution in [-0.4, -0.2) is 29.6 Å². The first-order valence-corrected chi connectivity index (χ1v) is 6.85. The summed E-state index contributed by atoms with van der Waals surface area (Å²) in [5.41, 5.74) is 1.21. The quantitative estimate of drug-likeness (QED) is 0.841. The van der Waals surface area contributed by atoms with Crippen molar-refractivity contribution in [2.45, 2.75) is 53.0 Å². The molecule has 4 nitrogen and oxygen atoms in total. The van der Waals surface area contributed by atoms with E-state index in [0.717, 1.165) is 24.6 Å². The normalized spacial score (nSPS) is 12.6. The van der Waals surface area contributed by atoms with E-state index in [1.54, 1.807) is 6.33 Å². The van der Waals surface area contributed by atoms with Gasteiger partial charge in [0.15, 0.2) is 0 Å². The van der Waals surface area contributed by atoms with Gasteiger partial charge in [0, 0.05) is 25.2 Å². The zero-order valence-electron chi connectivity index (χ0n) is 12.5. The van der Waals surface area contributed by atoms with Crippen LogP contribution in [0.1, 0.15) is 52.5 Å². The molecule has 0 amide bonds. The molecule has 1 aromatic heterocycles. The second-order valence-corrected chi connectivity index (χ2v) is 4.91. The summed E-state index contributed by atoms with van der Waals surface area (Å²) < 4.78 is 0. The standard InChI is InChI=1S/C14H26N4/c1-7-11(5)18(8-2)14-12(10(3)4)13(15-6)16-9-17-14/h9-11H,7-8H2,1-6H3,(H,15,16,17). The molecule has 4 heteroatoms. The fourth-order valence-electron chi connectivity index (χ4n) is 2.24. The molecule has 0 aliphatic carbocycles. The van der Waals surface area contributed by atoms with Crippen molar-refractivity contribution in [2.24, 2.45) is 0 Å². The van der Waals surface area contributed by atoms with E-state index in [0.29, 0.717) is 12.0 Å². The minimum absolute atomic E-state index is 0.404. The van der Waals surface area contributed by atoms with Crippen LogP contribution in [0.2, 0.25) is 0 Å². The van der Waals surface area contributed by atoms with E-state index in [1.165, 1.54) is 5.56 Å². The maximum absolute atomic E-state index is 4.52. The van der Waals surface area contributed by atoms with Crippen LogP contribution in [0.4, 0.5) is 11.6 Å². The van der Waals surface area contributed by atoms with Gasteiger partial charge in [0.25, 0.3) is 0 Å². The Kier molecular flexibility index (Phi) is 5.38. The summed E-state index contributed by atoms with van der Waals surface area (Å²) >= 11 is 0. The van der Waals surface area contributed by atoms with E-state index in [1.807, 2.05) is 7.05 Å². The highest BCUT2D eigenvalue weighted by Gasteiger charge is 2.21. The fourth-order valence-corrected chi connectivity index (χ4v) is 2.24. The molecular formula is C14H26N4. The molecule has 1 heterocycles. The van der Waals surface area contributed by atoms with Gasteiger partial charge >= 0.3 is 0 Å². The monoisotopic (exact) mass is 250 g/mol. The van der Waals surface area contributed by atoms with Crippen LogP contribution in [0, 0.1) is 0 Å². The van der Waals surface area contributed by atoms with Gasteiger partial charge in [-0.25, -0.2) is 9.97 Å². The van der Waals surface area contributed by atoms with Crippen molar-refractivity contribution in [3.63, 3.8) is 0 Å². The van der Waals surface area contributed by atoms with E-state index in [2.05, 4.69) is 54.8 Å². The van der Waals surface area contributed by atoms with Gasteiger partial charge in [-0.05, 0) is 26.2 Å². The van der Waals surface area contributed by atoms with Gasteiger partial charge in [-0.2, -0.15) is 0 Å². The molecule has 102 valence electrons. The van der Waals surface area contributed by atoms with Gasteiger partial charge in [-0.15, -0.1) is 0 Å². The van der Waals surface area contributed by atoms with E-state index in [9.17, 15) is 0 Å². The maximum atomic E-state index is 4.52. The molecule has 1 unspecified atom stereocenters. The lowest BCUT2D eigenvalue weighted by Gasteiger charge is -2.31. The lowest BCUT2D eigenvalue weighted by Crippen LogP contribution is -2.34. The molecular weight excluding hydrogens is 224 g/mol. The third kappa shape index (κ3) is 2.92. The predicted molar refractivity (Wildman–Crippen MR) is 78.4 cm³/mol. The van der Waals surface area contributed by atoms with Crippen molar-refractivity contribution >= 4 is 11.6 Å². The summed E-state index contributed by atoms with van der Waals surface area (Å²) in [6.07, 6.45) is 2.77. The topological polar surface area (TPSA) is 41.1 Å². The molecule has 0 aliphatic heterocycles. The van der Waals surface area contributed by atoms with Crippen LogP contribution in [-0.2, 0) is 0 Å². The average Bonchev–Trinajstić information content (AvgIpc) is 2.38. The zero-order chi connectivity index (χ0) is 13.7. The first-order valence-electron chi connectivity index (χ1n) is 6.85. The van der Waals surface area contributed by atoms with Gasteiger partial charge in [0.1, 0.15) is 18.0 Å². The molecule has 1 N–H and O–H groups in total. The molecule has 0 bridgehead atoms. The van der Waals surface area contributed by atoms with Gasteiger partial charge in [-0.3, -0.25) is 0 Å². The van der Waals surface area contributed by atoms with E-state index in [-0.39, 0.29) is 0 Å². The average molecular weight is 250 g/mol. The molecule has 0 aliphatic rings. The zero-order valence-corrected chi connectivity index (χ0v) is 12.5. The van der Waals surface area contributed by atoms with Crippen molar-refractivity contribution in [2.75, 3.05) is 23.8 Å². The molecule has 0 spiro atoms. The number of hydrogen-bond donors (Lipinski definition) is 1. The number of rotatable bonds is 6. The molecule has 0 radical (unpaired) electrons. The summed E-state index contributed by atoms with van der Waals surface area (Å²) in [6.45, 7) is 12.0. The Labute approximate surface area is 111 Å². The second-order valence-electron chi connectivity index (χ2n) is 4.91. The Balaban J connectivity index is 3.29. The first kappa shape index (κ1) is 14.7. The van der Waals surface area contributed by atoms with Crippen LogP contribution >= 0.6 is 0 Å². The Hall–Kier alpha value is -1.32. The summed E-state index contributed by atoms with van der Waals surface area (Å²) in [4.78, 5) is 11.2. The number of nitrogens with one attached hydrogen (secondary N) is 1. The van der Waals surface area contributed by atoms with Gasteiger partial charge in [-0.1, -0.05) is 20.8 Å². The van der Waals surface area contributed by atoms with Crippen LogP contribution in [0.15, 0.2) is 6.33 Å². The first-order chi connectivity index (χ1) is 8.56. The third-order valence-corrected chi connectivity index (χ3v) is 3.41. The number of anilines is 2. The van der Waals surface area contributed by atoms with Crippen molar-refractivity contribution in [1.82, 2.24) is 9.97 Å². The molecule has 1 atom stereocenters. The Bertz CT molecular complexity index is 376. The Morgan fingerprint density at radius 3 is 2.33 bits per heavy atom. The Morgan fingerprint density at radius 2 is 1.89 bits per heavy atom. The summed E-state index contributed by atoms with van der Waals surface area (Å²) in [6, 6.07) is 0.493. The summed E-state index contributed by atoms with van der Waals surface area (Å²) in [5.74, 6) is 2.42. The lowest BCUT2D eigenvalue weighted by atomic mass is 10.0. The minimum atomic E-state index is 0.404. The highest BCUT2D eigenvalue weighted by atomic mass is 15.2. The third-order valence-electron chi connectivity index (χ3n) is 3.41. The maximum Gasteiger partial charge on any atom is 0.137 e. The minimum Gasteiger partial charge on any atom is -0.373 e. The van der Waals surface area contributed by atoms with E-state index >= 15 is 0 Å². The lowest BCUT2D eigenvalue weighted by molar-refractivity contribution is 0.616. The predicted octanol–water partition coefficient (Wildman–Crippen LogP) is 3.27. The molecule has 0 fully saturated rings. The molecule has 18 heavy (non-hydrogen) atoms. The smallest absolute Gasteiger partial charge is 0.137 e. The molecule has 0 saturated carbocycles. The molecule has 1 aromatic rings. The Morgan fingerprint density at radius 1 is 1.22 bits per heavy atom.